The van der Waals surface area contributed by atoms with Gasteiger partial charge in [0.1, 0.15) is 0 Å². The van der Waals surface area contributed by atoms with Crippen LogP contribution in [-0.2, 0) is 0 Å². The molecule has 2 aliphatic rings. The Kier molecular flexibility index (Phi) is 14.7. The van der Waals surface area contributed by atoms with Crippen molar-refractivity contribution in [3.8, 4) is 23.7 Å². The average molecular weight is 423 g/mol. The molecule has 0 heterocycles. The molecular formula is C31H50. The van der Waals surface area contributed by atoms with Crippen LogP contribution < -0.4 is 0 Å². The zero-order chi connectivity index (χ0) is 22.0. The molecule has 2 aliphatic carbocycles. The summed E-state index contributed by atoms with van der Waals surface area (Å²) in [6.45, 7) is 4.59. The van der Waals surface area contributed by atoms with E-state index in [1.165, 1.54) is 122 Å². The molecule has 0 aromatic rings. The molecule has 0 radical (unpaired) electrons. The van der Waals surface area contributed by atoms with Gasteiger partial charge in [-0.15, -0.1) is 0 Å². The second kappa shape index (κ2) is 17.4. The van der Waals surface area contributed by atoms with E-state index < -0.39 is 0 Å². The third-order valence-electron chi connectivity index (χ3n) is 7.70. The summed E-state index contributed by atoms with van der Waals surface area (Å²) in [6, 6.07) is 0. The summed E-state index contributed by atoms with van der Waals surface area (Å²) in [5.41, 5.74) is 0. The molecule has 0 N–H and O–H groups in total. The molecule has 2 fully saturated rings. The number of allylic oxidation sites excluding steroid dienone is 2. The van der Waals surface area contributed by atoms with Gasteiger partial charge in [-0.05, 0) is 75.4 Å². The van der Waals surface area contributed by atoms with Gasteiger partial charge in [-0.2, -0.15) is 0 Å². The topological polar surface area (TPSA) is 0 Å². The highest BCUT2D eigenvalue weighted by atomic mass is 14.2. The second-order valence-electron chi connectivity index (χ2n) is 10.4. The van der Waals surface area contributed by atoms with Crippen molar-refractivity contribution in [2.75, 3.05) is 0 Å². The molecule has 0 saturated heterocycles. The van der Waals surface area contributed by atoms with Gasteiger partial charge >= 0.3 is 0 Å². The smallest absolute Gasteiger partial charge is 0.0206 e. The SMILES string of the molecule is CCCCCCCC1CCC(C#CC=CC#CC2CCC(CCCCCC)CC2)CC1. The first kappa shape index (κ1) is 26.1. The third kappa shape index (κ3) is 12.5. The van der Waals surface area contributed by atoms with Crippen molar-refractivity contribution < 1.29 is 0 Å². The van der Waals surface area contributed by atoms with Crippen molar-refractivity contribution in [1.29, 1.82) is 0 Å². The van der Waals surface area contributed by atoms with E-state index in [2.05, 4.69) is 37.5 Å². The Morgan fingerprint density at radius 2 is 0.903 bits per heavy atom. The van der Waals surface area contributed by atoms with Crippen LogP contribution in [0.1, 0.15) is 136 Å². The lowest BCUT2D eigenvalue weighted by Gasteiger charge is -2.25. The molecular weight excluding hydrogens is 372 g/mol. The van der Waals surface area contributed by atoms with E-state index in [9.17, 15) is 0 Å². The van der Waals surface area contributed by atoms with Crippen molar-refractivity contribution >= 4 is 0 Å². The van der Waals surface area contributed by atoms with Gasteiger partial charge in [0.15, 0.2) is 0 Å². The lowest BCUT2D eigenvalue weighted by molar-refractivity contribution is 0.294. The fourth-order valence-electron chi connectivity index (χ4n) is 5.50. The summed E-state index contributed by atoms with van der Waals surface area (Å²) < 4.78 is 0. The maximum Gasteiger partial charge on any atom is 0.0206 e. The van der Waals surface area contributed by atoms with Crippen molar-refractivity contribution in [3.05, 3.63) is 12.2 Å². The fourth-order valence-corrected chi connectivity index (χ4v) is 5.50. The van der Waals surface area contributed by atoms with Gasteiger partial charge < -0.3 is 0 Å². The Labute approximate surface area is 195 Å². The summed E-state index contributed by atoms with van der Waals surface area (Å²) >= 11 is 0. The van der Waals surface area contributed by atoms with E-state index in [1.807, 2.05) is 12.2 Å². The van der Waals surface area contributed by atoms with Crippen LogP contribution in [0.25, 0.3) is 0 Å². The minimum absolute atomic E-state index is 0.626. The summed E-state index contributed by atoms with van der Waals surface area (Å²) in [5, 5.41) is 0. The second-order valence-corrected chi connectivity index (χ2v) is 10.4. The lowest BCUT2D eigenvalue weighted by atomic mass is 9.80. The largest absolute Gasteiger partial charge is 0.0951 e. The zero-order valence-corrected chi connectivity index (χ0v) is 20.9. The van der Waals surface area contributed by atoms with E-state index in [1.54, 1.807) is 0 Å². The number of unbranched alkanes of at least 4 members (excludes halogenated alkanes) is 7. The van der Waals surface area contributed by atoms with Gasteiger partial charge in [-0.1, -0.05) is 108 Å². The maximum atomic E-state index is 3.49. The standard InChI is InChI=1S/C31H50/c1-3-5-7-9-13-17-29-24-26-31(27-25-29)19-15-11-10-14-18-30-22-20-28(21-23-30)16-12-8-6-4-2/h10-11,28-31H,3-9,12-13,16-17,20-27H2,1-2H3. The van der Waals surface area contributed by atoms with Crippen molar-refractivity contribution in [3.63, 3.8) is 0 Å². The van der Waals surface area contributed by atoms with Crippen LogP contribution in [0.5, 0.6) is 0 Å². The van der Waals surface area contributed by atoms with Gasteiger partial charge in [0.25, 0.3) is 0 Å². The fraction of sp³-hybridized carbons (Fsp3) is 0.806. The Bertz CT molecular complexity index is 573. The Balaban J connectivity index is 1.53. The molecule has 2 saturated carbocycles. The maximum absolute atomic E-state index is 3.49. The van der Waals surface area contributed by atoms with Crippen molar-refractivity contribution in [2.45, 2.75) is 136 Å². The lowest BCUT2D eigenvalue weighted by Crippen LogP contribution is -2.13. The highest BCUT2D eigenvalue weighted by molar-refractivity contribution is 5.26. The molecule has 0 aromatic carbocycles. The highest BCUT2D eigenvalue weighted by Gasteiger charge is 2.20. The first-order chi connectivity index (χ1) is 15.3. The Morgan fingerprint density at radius 1 is 0.516 bits per heavy atom. The summed E-state index contributed by atoms with van der Waals surface area (Å²) in [4.78, 5) is 0. The molecule has 0 heteroatoms. The van der Waals surface area contributed by atoms with E-state index in [4.69, 9.17) is 0 Å². The van der Waals surface area contributed by atoms with Crippen LogP contribution >= 0.6 is 0 Å². The first-order valence-electron chi connectivity index (χ1n) is 14.0. The predicted molar refractivity (Wildman–Crippen MR) is 138 cm³/mol. The molecule has 174 valence electrons. The molecule has 0 aromatic heterocycles. The Morgan fingerprint density at radius 3 is 1.32 bits per heavy atom. The highest BCUT2D eigenvalue weighted by Crippen LogP contribution is 2.32. The van der Waals surface area contributed by atoms with Gasteiger partial charge in [-0.25, -0.2) is 0 Å². The van der Waals surface area contributed by atoms with E-state index >= 15 is 0 Å². The normalized spacial score (nSPS) is 26.1. The van der Waals surface area contributed by atoms with Gasteiger partial charge in [0, 0.05) is 11.8 Å². The third-order valence-corrected chi connectivity index (χ3v) is 7.70. The van der Waals surface area contributed by atoms with E-state index in [-0.39, 0.29) is 0 Å². The molecule has 0 amide bonds. The minimum atomic E-state index is 0.626. The molecule has 0 bridgehead atoms. The molecule has 0 aliphatic heterocycles. The summed E-state index contributed by atoms with van der Waals surface area (Å²) in [6.07, 6.45) is 30.5. The van der Waals surface area contributed by atoms with Crippen LogP contribution in [0.2, 0.25) is 0 Å². The molecule has 0 nitrogen and oxygen atoms in total. The molecule has 0 spiro atoms. The van der Waals surface area contributed by atoms with Gasteiger partial charge in [-0.3, -0.25) is 0 Å². The number of hydrogen-bond donors (Lipinski definition) is 0. The molecule has 0 unspecified atom stereocenters. The number of hydrogen-bond acceptors (Lipinski definition) is 0. The van der Waals surface area contributed by atoms with Crippen LogP contribution in [0.15, 0.2) is 12.2 Å². The average Bonchev–Trinajstić information content (AvgIpc) is 2.80. The van der Waals surface area contributed by atoms with E-state index in [0.29, 0.717) is 11.8 Å². The van der Waals surface area contributed by atoms with Gasteiger partial charge in [0.2, 0.25) is 0 Å². The number of rotatable bonds is 11. The monoisotopic (exact) mass is 422 g/mol. The Hall–Kier alpha value is -1.14. The first-order valence-corrected chi connectivity index (χ1v) is 14.0. The zero-order valence-electron chi connectivity index (χ0n) is 20.9. The van der Waals surface area contributed by atoms with Crippen LogP contribution in [0.3, 0.4) is 0 Å². The van der Waals surface area contributed by atoms with Crippen LogP contribution in [-0.4, -0.2) is 0 Å². The van der Waals surface area contributed by atoms with E-state index in [0.717, 1.165) is 11.8 Å². The summed E-state index contributed by atoms with van der Waals surface area (Å²) in [7, 11) is 0. The van der Waals surface area contributed by atoms with Crippen LogP contribution in [0, 0.1) is 47.4 Å². The van der Waals surface area contributed by atoms with Crippen molar-refractivity contribution in [1.82, 2.24) is 0 Å². The predicted octanol–water partition coefficient (Wildman–Crippen LogP) is 9.49. The summed E-state index contributed by atoms with van der Waals surface area (Å²) in [5.74, 6) is 16.8. The minimum Gasteiger partial charge on any atom is -0.0951 e. The van der Waals surface area contributed by atoms with Crippen molar-refractivity contribution in [2.24, 2.45) is 23.7 Å². The molecule has 2 rings (SSSR count). The van der Waals surface area contributed by atoms with Crippen LogP contribution in [0.4, 0.5) is 0 Å². The quantitative estimate of drug-likeness (QED) is 0.230. The van der Waals surface area contributed by atoms with Gasteiger partial charge in [0.05, 0.1) is 0 Å². The molecule has 31 heavy (non-hydrogen) atoms. The molecule has 0 atom stereocenters.